The summed E-state index contributed by atoms with van der Waals surface area (Å²) in [5, 5.41) is 0. The fraction of sp³-hybridized carbons (Fsp3) is 0.300. The molecule has 6 heteroatoms. The first kappa shape index (κ1) is 17.8. The van der Waals surface area contributed by atoms with Crippen molar-refractivity contribution in [3.05, 3.63) is 59.7 Å². The second-order valence-corrected chi connectivity index (χ2v) is 6.21. The fourth-order valence-corrected chi connectivity index (χ4v) is 2.53. The molecule has 1 aliphatic heterocycles. The summed E-state index contributed by atoms with van der Waals surface area (Å²) in [6, 6.07) is 15.0. The molecule has 3 rings (SSSR count). The van der Waals surface area contributed by atoms with Gasteiger partial charge >= 0.3 is 5.97 Å². The van der Waals surface area contributed by atoms with Gasteiger partial charge in [-0.1, -0.05) is 42.0 Å². The summed E-state index contributed by atoms with van der Waals surface area (Å²) < 4.78 is 16.1. The lowest BCUT2D eigenvalue weighted by Crippen LogP contribution is -2.40. The minimum absolute atomic E-state index is 0.0588. The number of para-hydroxylation sites is 2. The molecule has 0 N–H and O–H groups in total. The van der Waals surface area contributed by atoms with Gasteiger partial charge in [-0.25, -0.2) is 4.79 Å². The molecule has 2 aromatic carbocycles. The zero-order chi connectivity index (χ0) is 18.5. The molecule has 0 radical (unpaired) electrons. The Morgan fingerprint density at radius 1 is 1.12 bits per heavy atom. The van der Waals surface area contributed by atoms with Gasteiger partial charge in [0.25, 0.3) is 5.91 Å². The first-order chi connectivity index (χ1) is 12.5. The van der Waals surface area contributed by atoms with Crippen molar-refractivity contribution < 1.29 is 23.8 Å². The summed E-state index contributed by atoms with van der Waals surface area (Å²) in [4.78, 5) is 25.8. The van der Waals surface area contributed by atoms with Crippen molar-refractivity contribution in [2.75, 3.05) is 20.3 Å². The number of hydrogen-bond acceptors (Lipinski definition) is 5. The molecule has 1 amide bonds. The van der Waals surface area contributed by atoms with Crippen LogP contribution in [0.15, 0.2) is 48.5 Å². The number of hydrogen-bond donors (Lipinski definition) is 0. The topological polar surface area (TPSA) is 65.1 Å². The molecule has 0 aromatic heterocycles. The van der Waals surface area contributed by atoms with Crippen LogP contribution >= 0.6 is 0 Å². The molecule has 1 heterocycles. The molecular formula is C20H21NO5. The van der Waals surface area contributed by atoms with Crippen molar-refractivity contribution in [3.8, 4) is 11.5 Å². The van der Waals surface area contributed by atoms with E-state index in [-0.39, 0.29) is 19.1 Å². The second kappa shape index (κ2) is 7.91. The third kappa shape index (κ3) is 4.33. The number of amides is 1. The molecule has 0 fully saturated rings. The smallest absolute Gasteiger partial charge is 0.351 e. The van der Waals surface area contributed by atoms with Gasteiger partial charge in [0.1, 0.15) is 6.61 Å². The zero-order valence-electron chi connectivity index (χ0n) is 14.8. The maximum Gasteiger partial charge on any atom is 0.351 e. The molecule has 0 spiro atoms. The molecule has 0 bridgehead atoms. The van der Waals surface area contributed by atoms with Crippen molar-refractivity contribution in [1.29, 1.82) is 0 Å². The molecule has 2 aromatic rings. The van der Waals surface area contributed by atoms with Crippen LogP contribution in [0.4, 0.5) is 0 Å². The highest BCUT2D eigenvalue weighted by Crippen LogP contribution is 2.31. The van der Waals surface area contributed by atoms with E-state index in [4.69, 9.17) is 14.2 Å². The molecule has 26 heavy (non-hydrogen) atoms. The van der Waals surface area contributed by atoms with Crippen molar-refractivity contribution in [3.63, 3.8) is 0 Å². The summed E-state index contributed by atoms with van der Waals surface area (Å²) in [5.41, 5.74) is 2.17. The molecule has 0 aliphatic carbocycles. The maximum absolute atomic E-state index is 12.2. The van der Waals surface area contributed by atoms with E-state index in [1.807, 2.05) is 37.3 Å². The van der Waals surface area contributed by atoms with E-state index in [0.29, 0.717) is 18.0 Å². The molecule has 1 aliphatic rings. The number of carbonyl (C=O) groups excluding carboxylic acids is 2. The summed E-state index contributed by atoms with van der Waals surface area (Å²) in [6.07, 6.45) is -0.875. The third-order valence-electron chi connectivity index (χ3n) is 4.08. The van der Waals surface area contributed by atoms with Crippen LogP contribution in [0.2, 0.25) is 0 Å². The van der Waals surface area contributed by atoms with Gasteiger partial charge in [-0.15, -0.1) is 0 Å². The van der Waals surface area contributed by atoms with E-state index in [2.05, 4.69) is 0 Å². The highest BCUT2D eigenvalue weighted by molar-refractivity contribution is 5.82. The summed E-state index contributed by atoms with van der Waals surface area (Å²) in [7, 11) is 1.67. The number of esters is 1. The molecule has 6 nitrogen and oxygen atoms in total. The van der Waals surface area contributed by atoms with E-state index >= 15 is 0 Å². The van der Waals surface area contributed by atoms with Crippen LogP contribution in [-0.2, 0) is 20.9 Å². The van der Waals surface area contributed by atoms with Crippen LogP contribution in [0.5, 0.6) is 11.5 Å². The van der Waals surface area contributed by atoms with Gasteiger partial charge in [-0.05, 0) is 24.6 Å². The number of nitrogens with zero attached hydrogens (tertiary/aromatic N) is 1. The average Bonchev–Trinajstić information content (AvgIpc) is 2.67. The third-order valence-corrected chi connectivity index (χ3v) is 4.08. The molecule has 0 saturated carbocycles. The van der Waals surface area contributed by atoms with Crippen LogP contribution in [0, 0.1) is 6.92 Å². The average molecular weight is 355 g/mol. The largest absolute Gasteiger partial charge is 0.485 e. The summed E-state index contributed by atoms with van der Waals surface area (Å²) in [5.74, 6) is 0.182. The van der Waals surface area contributed by atoms with Crippen LogP contribution in [0.3, 0.4) is 0 Å². The fourth-order valence-electron chi connectivity index (χ4n) is 2.53. The van der Waals surface area contributed by atoms with E-state index in [1.54, 1.807) is 25.2 Å². The molecule has 1 atom stereocenters. The first-order valence-corrected chi connectivity index (χ1v) is 8.37. The number of ether oxygens (including phenoxy) is 3. The van der Waals surface area contributed by atoms with Gasteiger partial charge in [0, 0.05) is 13.6 Å². The Kier molecular flexibility index (Phi) is 5.41. The van der Waals surface area contributed by atoms with Crippen LogP contribution in [-0.4, -0.2) is 43.1 Å². The lowest BCUT2D eigenvalue weighted by molar-refractivity contribution is -0.159. The van der Waals surface area contributed by atoms with Gasteiger partial charge in [0.05, 0.1) is 0 Å². The predicted octanol–water partition coefficient (Wildman–Crippen LogP) is 2.34. The van der Waals surface area contributed by atoms with Crippen LogP contribution in [0.1, 0.15) is 11.1 Å². The minimum Gasteiger partial charge on any atom is -0.485 e. The Morgan fingerprint density at radius 2 is 1.81 bits per heavy atom. The van der Waals surface area contributed by atoms with Gasteiger partial charge in [0.15, 0.2) is 18.1 Å². The van der Waals surface area contributed by atoms with Crippen molar-refractivity contribution in [1.82, 2.24) is 4.90 Å². The normalized spacial score (nSPS) is 15.2. The molecular weight excluding hydrogens is 334 g/mol. The quantitative estimate of drug-likeness (QED) is 0.770. The van der Waals surface area contributed by atoms with E-state index in [0.717, 1.165) is 11.1 Å². The van der Waals surface area contributed by atoms with E-state index < -0.39 is 12.1 Å². The minimum atomic E-state index is -0.875. The number of benzene rings is 2. The molecule has 0 unspecified atom stereocenters. The highest BCUT2D eigenvalue weighted by atomic mass is 16.6. The Hall–Kier alpha value is -3.02. The number of aryl methyl sites for hydroxylation is 1. The first-order valence-electron chi connectivity index (χ1n) is 8.37. The SMILES string of the molecule is Cc1ccc(CN(C)C(=O)COC(=O)[C@H]2COc3ccccc3O2)cc1. The van der Waals surface area contributed by atoms with Gasteiger partial charge < -0.3 is 19.1 Å². The number of fused-ring (bicyclic) bond motifs is 1. The standard InChI is InChI=1S/C20H21NO5/c1-14-7-9-15(10-8-14)11-21(2)19(22)13-25-20(23)18-12-24-16-5-3-4-6-17(16)26-18/h3-10,18H,11-13H2,1-2H3/t18-/m1/s1. The van der Waals surface area contributed by atoms with Crippen LogP contribution in [0.25, 0.3) is 0 Å². The predicted molar refractivity (Wildman–Crippen MR) is 95.0 cm³/mol. The second-order valence-electron chi connectivity index (χ2n) is 6.21. The number of rotatable bonds is 5. The van der Waals surface area contributed by atoms with Gasteiger partial charge in [-0.3, -0.25) is 4.79 Å². The zero-order valence-corrected chi connectivity index (χ0v) is 14.8. The lowest BCUT2D eigenvalue weighted by Gasteiger charge is -2.25. The Balaban J connectivity index is 1.48. The summed E-state index contributed by atoms with van der Waals surface area (Å²) >= 11 is 0. The van der Waals surface area contributed by atoms with Gasteiger partial charge in [-0.2, -0.15) is 0 Å². The van der Waals surface area contributed by atoms with Gasteiger partial charge in [0.2, 0.25) is 6.10 Å². The van der Waals surface area contributed by atoms with E-state index in [1.165, 1.54) is 4.90 Å². The Labute approximate surface area is 152 Å². The van der Waals surface area contributed by atoms with Crippen molar-refractivity contribution in [2.24, 2.45) is 0 Å². The Bertz CT molecular complexity index is 787. The van der Waals surface area contributed by atoms with E-state index in [9.17, 15) is 9.59 Å². The maximum atomic E-state index is 12.2. The molecule has 0 saturated heterocycles. The lowest BCUT2D eigenvalue weighted by atomic mass is 10.1. The monoisotopic (exact) mass is 355 g/mol. The highest BCUT2D eigenvalue weighted by Gasteiger charge is 2.29. The molecule has 136 valence electrons. The number of likely N-dealkylation sites (N-methyl/N-ethyl adjacent to an activating group) is 1. The van der Waals surface area contributed by atoms with Crippen molar-refractivity contribution >= 4 is 11.9 Å². The Morgan fingerprint density at radius 3 is 2.54 bits per heavy atom. The van der Waals surface area contributed by atoms with Crippen LogP contribution < -0.4 is 9.47 Å². The van der Waals surface area contributed by atoms with Crippen molar-refractivity contribution in [2.45, 2.75) is 19.6 Å². The number of carbonyl (C=O) groups is 2. The summed E-state index contributed by atoms with van der Waals surface area (Å²) in [6.45, 7) is 2.19.